The summed E-state index contributed by atoms with van der Waals surface area (Å²) < 4.78 is 1.72. The van der Waals surface area contributed by atoms with E-state index in [0.717, 1.165) is 16.7 Å². The molecule has 0 aliphatic carbocycles. The van der Waals surface area contributed by atoms with Gasteiger partial charge < -0.3 is 5.11 Å². The van der Waals surface area contributed by atoms with E-state index in [0.29, 0.717) is 5.82 Å². The molecule has 138 valence electrons. The van der Waals surface area contributed by atoms with Crippen molar-refractivity contribution in [2.24, 2.45) is 0 Å². The van der Waals surface area contributed by atoms with Gasteiger partial charge in [0.25, 0.3) is 5.82 Å². The molecule has 1 aromatic heterocycles. The zero-order chi connectivity index (χ0) is 19.6. The Morgan fingerprint density at radius 1 is 0.786 bits per heavy atom. The van der Waals surface area contributed by atoms with Crippen molar-refractivity contribution in [3.63, 3.8) is 0 Å². The topological polar surface area (TPSA) is 68.0 Å². The molecular formula is C23H19N3O2. The van der Waals surface area contributed by atoms with Gasteiger partial charge in [0, 0.05) is 0 Å². The number of carbonyl (C=O) groups is 1. The molecule has 28 heavy (non-hydrogen) atoms. The summed E-state index contributed by atoms with van der Waals surface area (Å²) in [7, 11) is 0. The van der Waals surface area contributed by atoms with Gasteiger partial charge in [-0.05, 0) is 23.6 Å². The molecule has 1 N–H and O–H groups in total. The highest BCUT2D eigenvalue weighted by Crippen LogP contribution is 2.40. The summed E-state index contributed by atoms with van der Waals surface area (Å²) >= 11 is 0. The number of hydrogen-bond donors (Lipinski definition) is 1. The summed E-state index contributed by atoms with van der Waals surface area (Å²) in [4.78, 5) is 15.8. The molecule has 4 rings (SSSR count). The maximum Gasteiger partial charge on any atom is 0.375 e. The Morgan fingerprint density at radius 3 is 1.50 bits per heavy atom. The Balaban J connectivity index is 2.15. The highest BCUT2D eigenvalue weighted by Gasteiger charge is 2.41. The van der Waals surface area contributed by atoms with Crippen molar-refractivity contribution in [2.45, 2.75) is 12.5 Å². The van der Waals surface area contributed by atoms with Crippen LogP contribution in [0.25, 0.3) is 0 Å². The highest BCUT2D eigenvalue weighted by molar-refractivity contribution is 5.83. The fourth-order valence-corrected chi connectivity index (χ4v) is 3.70. The van der Waals surface area contributed by atoms with E-state index in [1.165, 1.54) is 0 Å². The van der Waals surface area contributed by atoms with Crippen LogP contribution in [0.3, 0.4) is 0 Å². The molecule has 0 radical (unpaired) electrons. The van der Waals surface area contributed by atoms with Crippen molar-refractivity contribution >= 4 is 5.97 Å². The smallest absolute Gasteiger partial charge is 0.375 e. The minimum atomic E-state index is -1.15. The summed E-state index contributed by atoms with van der Waals surface area (Å²) in [6, 6.07) is 29.9. The minimum absolute atomic E-state index is 0.218. The fraction of sp³-hybridized carbons (Fsp3) is 0.0870. The van der Waals surface area contributed by atoms with Gasteiger partial charge in [-0.1, -0.05) is 91.0 Å². The monoisotopic (exact) mass is 369 g/mol. The predicted molar refractivity (Wildman–Crippen MR) is 106 cm³/mol. The van der Waals surface area contributed by atoms with Crippen LogP contribution in [0.5, 0.6) is 0 Å². The van der Waals surface area contributed by atoms with E-state index in [4.69, 9.17) is 0 Å². The Morgan fingerprint density at radius 2 is 1.18 bits per heavy atom. The third-order valence-electron chi connectivity index (χ3n) is 4.85. The van der Waals surface area contributed by atoms with Crippen molar-refractivity contribution in [2.75, 3.05) is 0 Å². The van der Waals surface area contributed by atoms with E-state index >= 15 is 0 Å². The van der Waals surface area contributed by atoms with Crippen LogP contribution in [0.1, 0.15) is 33.1 Å². The van der Waals surface area contributed by atoms with Gasteiger partial charge >= 0.3 is 5.97 Å². The van der Waals surface area contributed by atoms with Crippen LogP contribution in [0, 0.1) is 6.92 Å². The SMILES string of the molecule is Cc1nc(C(=O)O)nn1C(c1ccccc1)(c1ccccc1)c1ccccc1. The molecule has 0 atom stereocenters. The maximum atomic E-state index is 11.6. The van der Waals surface area contributed by atoms with Gasteiger partial charge in [0.2, 0.25) is 0 Å². The number of aryl methyl sites for hydroxylation is 1. The van der Waals surface area contributed by atoms with Crippen molar-refractivity contribution in [1.82, 2.24) is 14.8 Å². The van der Waals surface area contributed by atoms with Gasteiger partial charge in [0.05, 0.1) is 0 Å². The molecule has 0 unspecified atom stereocenters. The first-order valence-corrected chi connectivity index (χ1v) is 8.98. The number of aromatic nitrogens is 3. The predicted octanol–water partition coefficient (Wildman–Crippen LogP) is 4.12. The largest absolute Gasteiger partial charge is 0.475 e. The standard InChI is InChI=1S/C23H19N3O2/c1-17-24-21(22(27)28)25-26(17)23(18-11-5-2-6-12-18,19-13-7-3-8-14-19)20-15-9-4-10-16-20/h2-16H,1H3,(H,27,28). The molecule has 0 aliphatic rings. The molecule has 1 heterocycles. The van der Waals surface area contributed by atoms with Crippen LogP contribution in [-0.4, -0.2) is 25.8 Å². The second-order valence-corrected chi connectivity index (χ2v) is 6.51. The zero-order valence-corrected chi connectivity index (χ0v) is 15.4. The summed E-state index contributed by atoms with van der Waals surface area (Å²) in [6.07, 6.45) is 0. The maximum absolute atomic E-state index is 11.6. The second-order valence-electron chi connectivity index (χ2n) is 6.51. The Hall–Kier alpha value is -3.73. The molecule has 5 nitrogen and oxygen atoms in total. The Labute approximate surface area is 162 Å². The van der Waals surface area contributed by atoms with Crippen LogP contribution in [0.15, 0.2) is 91.0 Å². The van der Waals surface area contributed by atoms with Crippen LogP contribution in [-0.2, 0) is 5.54 Å². The van der Waals surface area contributed by atoms with Crippen molar-refractivity contribution in [3.8, 4) is 0 Å². The number of carboxylic acid groups (broad SMARTS) is 1. The molecule has 0 saturated heterocycles. The summed E-state index contributed by atoms with van der Waals surface area (Å²) in [5.41, 5.74) is 2.06. The van der Waals surface area contributed by atoms with E-state index in [1.54, 1.807) is 11.6 Å². The Bertz CT molecular complexity index is 994. The lowest BCUT2D eigenvalue weighted by Crippen LogP contribution is -2.39. The average molecular weight is 369 g/mol. The number of aromatic carboxylic acids is 1. The molecule has 0 aliphatic heterocycles. The lowest BCUT2D eigenvalue weighted by molar-refractivity contribution is 0.0682. The summed E-state index contributed by atoms with van der Waals surface area (Å²) in [6.45, 7) is 1.78. The first kappa shape index (κ1) is 17.7. The van der Waals surface area contributed by atoms with E-state index in [-0.39, 0.29) is 5.82 Å². The van der Waals surface area contributed by atoms with E-state index in [9.17, 15) is 9.90 Å². The van der Waals surface area contributed by atoms with Gasteiger partial charge in [0.1, 0.15) is 11.4 Å². The number of nitrogens with zero attached hydrogens (tertiary/aromatic N) is 3. The van der Waals surface area contributed by atoms with Crippen LogP contribution >= 0.6 is 0 Å². The van der Waals surface area contributed by atoms with Gasteiger partial charge in [-0.2, -0.15) is 0 Å². The third kappa shape index (κ3) is 2.77. The quantitative estimate of drug-likeness (QED) is 0.537. The third-order valence-corrected chi connectivity index (χ3v) is 4.85. The van der Waals surface area contributed by atoms with Gasteiger partial charge in [-0.3, -0.25) is 0 Å². The zero-order valence-electron chi connectivity index (χ0n) is 15.4. The molecule has 5 heteroatoms. The lowest BCUT2D eigenvalue weighted by atomic mass is 9.77. The molecular weight excluding hydrogens is 350 g/mol. The highest BCUT2D eigenvalue weighted by atomic mass is 16.4. The molecule has 0 fully saturated rings. The molecule has 0 saturated carbocycles. The number of carboxylic acids is 1. The first-order chi connectivity index (χ1) is 13.6. The van der Waals surface area contributed by atoms with Crippen molar-refractivity contribution < 1.29 is 9.90 Å². The van der Waals surface area contributed by atoms with E-state index < -0.39 is 11.5 Å². The van der Waals surface area contributed by atoms with Gasteiger partial charge in [-0.25, -0.2) is 14.5 Å². The second kappa shape index (κ2) is 7.12. The molecule has 0 spiro atoms. The number of hydrogen-bond acceptors (Lipinski definition) is 3. The van der Waals surface area contributed by atoms with Crippen molar-refractivity contribution in [1.29, 1.82) is 0 Å². The van der Waals surface area contributed by atoms with E-state index in [1.807, 2.05) is 91.0 Å². The molecule has 4 aromatic rings. The fourth-order valence-electron chi connectivity index (χ4n) is 3.70. The number of rotatable bonds is 5. The van der Waals surface area contributed by atoms with E-state index in [2.05, 4.69) is 10.1 Å². The Kier molecular flexibility index (Phi) is 4.49. The van der Waals surface area contributed by atoms with Gasteiger partial charge in [-0.15, -0.1) is 5.10 Å². The molecule has 0 bridgehead atoms. The molecule has 0 amide bonds. The number of benzene rings is 3. The first-order valence-electron chi connectivity index (χ1n) is 8.98. The lowest BCUT2D eigenvalue weighted by Gasteiger charge is -2.36. The average Bonchev–Trinajstić information content (AvgIpc) is 3.14. The van der Waals surface area contributed by atoms with Crippen LogP contribution in [0.4, 0.5) is 0 Å². The van der Waals surface area contributed by atoms with Gasteiger partial charge in [0.15, 0.2) is 0 Å². The van der Waals surface area contributed by atoms with Crippen LogP contribution in [0.2, 0.25) is 0 Å². The normalized spacial score (nSPS) is 11.3. The summed E-state index contributed by atoms with van der Waals surface area (Å²) in [5, 5.41) is 13.9. The van der Waals surface area contributed by atoms with Crippen LogP contribution < -0.4 is 0 Å². The molecule has 3 aromatic carbocycles. The summed E-state index contributed by atoms with van der Waals surface area (Å²) in [5.74, 6) is -0.844. The minimum Gasteiger partial charge on any atom is -0.475 e. The van der Waals surface area contributed by atoms with Crippen molar-refractivity contribution in [3.05, 3.63) is 119 Å².